The van der Waals surface area contributed by atoms with Gasteiger partial charge in [-0.25, -0.2) is 4.98 Å². The highest BCUT2D eigenvalue weighted by Gasteiger charge is 2.19. The number of likely N-dealkylation sites (tertiary alicyclic amines) is 1. The van der Waals surface area contributed by atoms with E-state index in [0.717, 1.165) is 40.5 Å². The van der Waals surface area contributed by atoms with Crippen LogP contribution in [0.5, 0.6) is 5.75 Å². The molecule has 4 rings (SSSR count). The highest BCUT2D eigenvalue weighted by molar-refractivity contribution is 7.09. The van der Waals surface area contributed by atoms with Gasteiger partial charge in [-0.05, 0) is 54.8 Å². The maximum Gasteiger partial charge on any atom is 0.248 e. The first-order valence-electron chi connectivity index (χ1n) is 10.5. The molecule has 1 aliphatic rings. The van der Waals surface area contributed by atoms with Crippen LogP contribution in [0.3, 0.4) is 0 Å². The van der Waals surface area contributed by atoms with E-state index in [1.807, 2.05) is 65.7 Å². The SMILES string of the molecule is Cc1nc(COc2ccc(/C=C/C(=O)Nc3cccc(CN4CCCC4=O)c3)cc2)cs1. The molecule has 2 amide bonds. The molecular weight excluding hydrogens is 422 g/mol. The third kappa shape index (κ3) is 6.04. The second-order valence-electron chi connectivity index (χ2n) is 7.66. The summed E-state index contributed by atoms with van der Waals surface area (Å²) < 4.78 is 5.75. The number of nitrogens with zero attached hydrogens (tertiary/aromatic N) is 2. The van der Waals surface area contributed by atoms with Crippen LogP contribution in [0.2, 0.25) is 0 Å². The number of carbonyl (C=O) groups excluding carboxylic acids is 2. The number of ether oxygens (including phenoxy) is 1. The molecule has 0 saturated carbocycles. The molecule has 1 saturated heterocycles. The Labute approximate surface area is 191 Å². The first-order valence-corrected chi connectivity index (χ1v) is 11.4. The highest BCUT2D eigenvalue weighted by Crippen LogP contribution is 2.18. The Hall–Kier alpha value is -3.45. The summed E-state index contributed by atoms with van der Waals surface area (Å²) in [5.41, 5.74) is 3.54. The van der Waals surface area contributed by atoms with Gasteiger partial charge in [-0.3, -0.25) is 9.59 Å². The van der Waals surface area contributed by atoms with E-state index in [9.17, 15) is 9.59 Å². The molecule has 0 spiro atoms. The van der Waals surface area contributed by atoms with Crippen molar-refractivity contribution in [1.82, 2.24) is 9.88 Å². The molecule has 7 heteroatoms. The number of nitrogens with one attached hydrogen (secondary N) is 1. The topological polar surface area (TPSA) is 71.5 Å². The summed E-state index contributed by atoms with van der Waals surface area (Å²) in [5, 5.41) is 5.90. The van der Waals surface area contributed by atoms with Crippen molar-refractivity contribution in [2.45, 2.75) is 32.9 Å². The van der Waals surface area contributed by atoms with E-state index in [4.69, 9.17) is 4.74 Å². The van der Waals surface area contributed by atoms with E-state index in [-0.39, 0.29) is 11.8 Å². The van der Waals surface area contributed by atoms with Crippen LogP contribution in [0.15, 0.2) is 60.0 Å². The smallest absolute Gasteiger partial charge is 0.248 e. The molecule has 1 aliphatic heterocycles. The summed E-state index contributed by atoms with van der Waals surface area (Å²) in [6, 6.07) is 15.2. The van der Waals surface area contributed by atoms with Gasteiger partial charge in [0.2, 0.25) is 11.8 Å². The lowest BCUT2D eigenvalue weighted by Gasteiger charge is -2.16. The minimum absolute atomic E-state index is 0.192. The normalized spacial score (nSPS) is 13.7. The molecule has 6 nitrogen and oxygen atoms in total. The van der Waals surface area contributed by atoms with Gasteiger partial charge in [-0.2, -0.15) is 0 Å². The predicted octanol–water partition coefficient (Wildman–Crippen LogP) is 4.80. The number of hydrogen-bond acceptors (Lipinski definition) is 5. The standard InChI is InChI=1S/C25H25N3O3S/c1-18-26-22(17-32-18)16-31-23-10-7-19(8-11-23)9-12-24(29)27-21-5-2-4-20(14-21)15-28-13-3-6-25(28)30/h2,4-5,7-12,14,17H,3,6,13,15-16H2,1H3,(H,27,29)/b12-9+. The van der Waals surface area contributed by atoms with Gasteiger partial charge in [-0.15, -0.1) is 11.3 Å². The Morgan fingerprint density at radius 2 is 2.09 bits per heavy atom. The van der Waals surface area contributed by atoms with Crippen LogP contribution in [0.4, 0.5) is 5.69 Å². The maximum absolute atomic E-state index is 12.3. The van der Waals surface area contributed by atoms with Crippen LogP contribution in [-0.2, 0) is 22.7 Å². The lowest BCUT2D eigenvalue weighted by molar-refractivity contribution is -0.128. The average Bonchev–Trinajstić information content (AvgIpc) is 3.39. The number of carbonyl (C=O) groups is 2. The van der Waals surface area contributed by atoms with Crippen LogP contribution in [0.1, 0.15) is 34.7 Å². The van der Waals surface area contributed by atoms with Gasteiger partial charge in [-0.1, -0.05) is 24.3 Å². The minimum Gasteiger partial charge on any atom is -0.487 e. The molecule has 2 heterocycles. The molecule has 3 aromatic rings. The molecule has 0 bridgehead atoms. The molecule has 1 N–H and O–H groups in total. The van der Waals surface area contributed by atoms with E-state index in [1.54, 1.807) is 17.4 Å². The van der Waals surface area contributed by atoms with Crippen LogP contribution < -0.4 is 10.1 Å². The van der Waals surface area contributed by atoms with Crippen molar-refractivity contribution in [3.05, 3.63) is 81.8 Å². The number of hydrogen-bond donors (Lipinski definition) is 1. The van der Waals surface area contributed by atoms with Crippen molar-refractivity contribution < 1.29 is 14.3 Å². The maximum atomic E-state index is 12.3. The number of benzene rings is 2. The van der Waals surface area contributed by atoms with E-state index in [1.165, 1.54) is 6.08 Å². The number of thiazole rings is 1. The average molecular weight is 448 g/mol. The van der Waals surface area contributed by atoms with E-state index in [0.29, 0.717) is 25.3 Å². The first-order chi connectivity index (χ1) is 15.5. The number of aromatic nitrogens is 1. The largest absolute Gasteiger partial charge is 0.487 e. The van der Waals surface area contributed by atoms with Crippen molar-refractivity contribution >= 4 is 34.9 Å². The van der Waals surface area contributed by atoms with Gasteiger partial charge < -0.3 is 15.0 Å². The van der Waals surface area contributed by atoms with E-state index in [2.05, 4.69) is 10.3 Å². The van der Waals surface area contributed by atoms with E-state index < -0.39 is 0 Å². The van der Waals surface area contributed by atoms with Crippen LogP contribution in [0, 0.1) is 6.92 Å². The number of rotatable bonds is 8. The molecule has 2 aromatic carbocycles. The Balaban J connectivity index is 1.28. The fourth-order valence-electron chi connectivity index (χ4n) is 3.50. The van der Waals surface area contributed by atoms with Crippen LogP contribution >= 0.6 is 11.3 Å². The van der Waals surface area contributed by atoms with Crippen molar-refractivity contribution in [2.75, 3.05) is 11.9 Å². The fraction of sp³-hybridized carbons (Fsp3) is 0.240. The first kappa shape index (κ1) is 21.8. The van der Waals surface area contributed by atoms with Gasteiger partial charge >= 0.3 is 0 Å². The van der Waals surface area contributed by atoms with Crippen molar-refractivity contribution in [1.29, 1.82) is 0 Å². The third-order valence-electron chi connectivity index (χ3n) is 5.10. The van der Waals surface area contributed by atoms with Crippen LogP contribution in [-0.4, -0.2) is 28.2 Å². The third-order valence-corrected chi connectivity index (χ3v) is 5.92. The number of amides is 2. The van der Waals surface area contributed by atoms with Gasteiger partial charge in [0.05, 0.1) is 10.7 Å². The lowest BCUT2D eigenvalue weighted by Crippen LogP contribution is -2.23. The Morgan fingerprint density at radius 3 is 2.81 bits per heavy atom. The fourth-order valence-corrected chi connectivity index (χ4v) is 4.10. The molecule has 0 atom stereocenters. The monoisotopic (exact) mass is 447 g/mol. The minimum atomic E-state index is -0.210. The molecule has 1 fully saturated rings. The lowest BCUT2D eigenvalue weighted by atomic mass is 10.2. The van der Waals surface area contributed by atoms with E-state index >= 15 is 0 Å². The second-order valence-corrected chi connectivity index (χ2v) is 8.72. The Kier molecular flexibility index (Phi) is 6.97. The van der Waals surface area contributed by atoms with Crippen molar-refractivity contribution in [3.63, 3.8) is 0 Å². The molecule has 1 aromatic heterocycles. The highest BCUT2D eigenvalue weighted by atomic mass is 32.1. The van der Waals surface area contributed by atoms with Gasteiger partial charge in [0.15, 0.2) is 0 Å². The molecule has 164 valence electrons. The van der Waals surface area contributed by atoms with Crippen molar-refractivity contribution in [3.8, 4) is 5.75 Å². The molecule has 0 aliphatic carbocycles. The zero-order chi connectivity index (χ0) is 22.3. The molecule has 0 unspecified atom stereocenters. The summed E-state index contributed by atoms with van der Waals surface area (Å²) in [5.74, 6) is 0.737. The predicted molar refractivity (Wildman–Crippen MR) is 126 cm³/mol. The second kappa shape index (κ2) is 10.2. The summed E-state index contributed by atoms with van der Waals surface area (Å²) >= 11 is 1.61. The number of aryl methyl sites for hydroxylation is 1. The quantitative estimate of drug-likeness (QED) is 0.503. The Morgan fingerprint density at radius 1 is 1.25 bits per heavy atom. The summed E-state index contributed by atoms with van der Waals surface area (Å²) in [6.45, 7) is 3.78. The van der Waals surface area contributed by atoms with Gasteiger partial charge in [0, 0.05) is 36.7 Å². The summed E-state index contributed by atoms with van der Waals surface area (Å²) in [7, 11) is 0. The molecule has 32 heavy (non-hydrogen) atoms. The Bertz CT molecular complexity index is 1120. The van der Waals surface area contributed by atoms with Crippen LogP contribution in [0.25, 0.3) is 6.08 Å². The zero-order valence-corrected chi connectivity index (χ0v) is 18.7. The van der Waals surface area contributed by atoms with Gasteiger partial charge in [0.25, 0.3) is 0 Å². The summed E-state index contributed by atoms with van der Waals surface area (Å²) in [6.07, 6.45) is 4.80. The van der Waals surface area contributed by atoms with Gasteiger partial charge in [0.1, 0.15) is 12.4 Å². The van der Waals surface area contributed by atoms with Crippen molar-refractivity contribution in [2.24, 2.45) is 0 Å². The number of anilines is 1. The summed E-state index contributed by atoms with van der Waals surface area (Å²) in [4.78, 5) is 30.4. The molecule has 0 radical (unpaired) electrons. The molecular formula is C25H25N3O3S. The zero-order valence-electron chi connectivity index (χ0n) is 17.9.